The van der Waals surface area contributed by atoms with E-state index < -0.39 is 4.92 Å². The van der Waals surface area contributed by atoms with Gasteiger partial charge in [-0.05, 0) is 18.2 Å². The molecule has 0 aliphatic heterocycles. The molecule has 0 radical (unpaired) electrons. The number of hydrogen-bond acceptors (Lipinski definition) is 6. The topological polar surface area (TPSA) is 106 Å². The molecule has 0 bridgehead atoms. The summed E-state index contributed by atoms with van der Waals surface area (Å²) < 4.78 is 0. The molecule has 0 aliphatic carbocycles. The largest absolute Gasteiger partial charge is 0.333 e. The van der Waals surface area contributed by atoms with E-state index in [1.54, 1.807) is 24.3 Å². The minimum absolute atomic E-state index is 0.0635. The van der Waals surface area contributed by atoms with Gasteiger partial charge in [0.1, 0.15) is 5.82 Å². The van der Waals surface area contributed by atoms with Crippen LogP contribution in [-0.4, -0.2) is 9.91 Å². The number of nitrogen functional groups attached to an aromatic ring is 1. The fraction of sp³-hybridized carbons (Fsp3) is 0. The van der Waals surface area contributed by atoms with Gasteiger partial charge in [0.05, 0.1) is 15.6 Å². The van der Waals surface area contributed by atoms with Gasteiger partial charge in [-0.15, -0.1) is 0 Å². The molecule has 8 heteroatoms. The highest BCUT2D eigenvalue weighted by Gasteiger charge is 2.16. The summed E-state index contributed by atoms with van der Waals surface area (Å²) in [5, 5.41) is 14.2. The Hall–Kier alpha value is -2.38. The zero-order chi connectivity index (χ0) is 13.8. The molecule has 0 amide bonds. The number of anilines is 3. The number of nitrogens with two attached hydrogens (primary N) is 1. The van der Waals surface area contributed by atoms with Crippen molar-refractivity contribution in [1.82, 2.24) is 4.98 Å². The lowest BCUT2D eigenvalue weighted by Gasteiger charge is -2.09. The molecule has 0 spiro atoms. The second-order valence-corrected chi connectivity index (χ2v) is 3.98. The molecule has 0 saturated heterocycles. The minimum atomic E-state index is -0.535. The van der Waals surface area contributed by atoms with E-state index in [2.05, 4.69) is 15.7 Å². The van der Waals surface area contributed by atoms with Crippen molar-refractivity contribution in [3.8, 4) is 0 Å². The van der Waals surface area contributed by atoms with Gasteiger partial charge in [0.15, 0.2) is 0 Å². The summed E-state index contributed by atoms with van der Waals surface area (Å²) in [6, 6.07) is 9.59. The quantitative estimate of drug-likeness (QED) is 0.451. The zero-order valence-electron chi connectivity index (χ0n) is 9.63. The van der Waals surface area contributed by atoms with Crippen LogP contribution in [0.5, 0.6) is 0 Å². The van der Waals surface area contributed by atoms with E-state index in [0.717, 1.165) is 0 Å². The molecule has 1 heterocycles. The predicted molar refractivity (Wildman–Crippen MR) is 73.4 cm³/mol. The molecule has 98 valence electrons. The number of para-hydroxylation sites is 1. The molecule has 7 nitrogen and oxygen atoms in total. The van der Waals surface area contributed by atoms with Crippen LogP contribution in [0.25, 0.3) is 0 Å². The predicted octanol–water partition coefficient (Wildman–Crippen LogP) is 2.67. The maximum absolute atomic E-state index is 10.9. The number of nitro groups is 1. The first-order chi connectivity index (χ1) is 9.11. The molecule has 1 aromatic heterocycles. The Labute approximate surface area is 113 Å². The van der Waals surface area contributed by atoms with Crippen LogP contribution in [0.2, 0.25) is 5.02 Å². The van der Waals surface area contributed by atoms with Gasteiger partial charge in [-0.2, -0.15) is 0 Å². The summed E-state index contributed by atoms with van der Waals surface area (Å²) in [5.74, 6) is 5.60. The number of nitrogens with one attached hydrogen (secondary N) is 2. The van der Waals surface area contributed by atoms with E-state index >= 15 is 0 Å². The first-order valence-corrected chi connectivity index (χ1v) is 5.63. The average molecular weight is 280 g/mol. The molecular weight excluding hydrogens is 270 g/mol. The van der Waals surface area contributed by atoms with Gasteiger partial charge >= 0.3 is 5.69 Å². The molecule has 0 saturated carbocycles. The first-order valence-electron chi connectivity index (χ1n) is 5.25. The monoisotopic (exact) mass is 279 g/mol. The van der Waals surface area contributed by atoms with Gasteiger partial charge < -0.3 is 10.7 Å². The molecule has 0 fully saturated rings. The third kappa shape index (κ3) is 2.90. The van der Waals surface area contributed by atoms with Crippen molar-refractivity contribution in [3.63, 3.8) is 0 Å². The number of benzene rings is 1. The smallest absolute Gasteiger partial charge is 0.311 e. The van der Waals surface area contributed by atoms with E-state index in [4.69, 9.17) is 17.4 Å². The molecule has 0 atom stereocenters. The van der Waals surface area contributed by atoms with Crippen molar-refractivity contribution in [1.29, 1.82) is 0 Å². The Morgan fingerprint density at radius 3 is 2.63 bits per heavy atom. The Kier molecular flexibility index (Phi) is 3.79. The van der Waals surface area contributed by atoms with Crippen LogP contribution >= 0.6 is 11.6 Å². The average Bonchev–Trinajstić information content (AvgIpc) is 2.41. The van der Waals surface area contributed by atoms with Gasteiger partial charge in [-0.25, -0.2) is 10.8 Å². The van der Waals surface area contributed by atoms with Crippen molar-refractivity contribution < 1.29 is 4.92 Å². The Morgan fingerprint density at radius 2 is 2.00 bits per heavy atom. The SMILES string of the molecule is NNc1ccc([N+](=O)[O-])c(Nc2ccccc2Cl)n1. The van der Waals surface area contributed by atoms with Gasteiger partial charge in [-0.3, -0.25) is 10.1 Å². The van der Waals surface area contributed by atoms with Gasteiger partial charge in [0, 0.05) is 6.07 Å². The number of pyridine rings is 1. The van der Waals surface area contributed by atoms with Gasteiger partial charge in [-0.1, -0.05) is 23.7 Å². The second-order valence-electron chi connectivity index (χ2n) is 3.57. The summed E-state index contributed by atoms with van der Waals surface area (Å²) in [7, 11) is 0. The maximum atomic E-state index is 10.9. The summed E-state index contributed by atoms with van der Waals surface area (Å²) in [4.78, 5) is 14.4. The van der Waals surface area contributed by atoms with E-state index in [1.165, 1.54) is 12.1 Å². The minimum Gasteiger partial charge on any atom is -0.333 e. The molecule has 0 aliphatic rings. The number of nitrogens with zero attached hydrogens (tertiary/aromatic N) is 2. The van der Waals surface area contributed by atoms with Crippen LogP contribution in [-0.2, 0) is 0 Å². The highest BCUT2D eigenvalue weighted by molar-refractivity contribution is 6.33. The summed E-state index contributed by atoms with van der Waals surface area (Å²) in [6.07, 6.45) is 0. The van der Waals surface area contributed by atoms with Crippen LogP contribution in [0.15, 0.2) is 36.4 Å². The van der Waals surface area contributed by atoms with Crippen molar-refractivity contribution in [2.24, 2.45) is 5.84 Å². The number of aromatic nitrogens is 1. The van der Waals surface area contributed by atoms with Crippen molar-refractivity contribution in [3.05, 3.63) is 51.5 Å². The molecule has 2 aromatic rings. The standard InChI is InChI=1S/C11H10ClN5O2/c12-7-3-1-2-4-8(7)14-11-9(17(18)19)5-6-10(15-11)16-13/h1-6H,13H2,(H2,14,15,16). The number of rotatable bonds is 4. The van der Waals surface area contributed by atoms with Crippen molar-refractivity contribution in [2.75, 3.05) is 10.7 Å². The van der Waals surface area contributed by atoms with Crippen LogP contribution in [0, 0.1) is 10.1 Å². The van der Waals surface area contributed by atoms with Gasteiger partial charge in [0.25, 0.3) is 0 Å². The van der Waals surface area contributed by atoms with E-state index in [1.807, 2.05) is 0 Å². The Bertz CT molecular complexity index is 620. The van der Waals surface area contributed by atoms with E-state index in [9.17, 15) is 10.1 Å². The lowest BCUT2D eigenvalue weighted by Crippen LogP contribution is -2.10. The van der Waals surface area contributed by atoms with E-state index in [-0.39, 0.29) is 11.5 Å². The van der Waals surface area contributed by atoms with Gasteiger partial charge in [0.2, 0.25) is 5.82 Å². The summed E-state index contributed by atoms with van der Waals surface area (Å²) in [5.41, 5.74) is 2.68. The summed E-state index contributed by atoms with van der Waals surface area (Å²) >= 11 is 5.98. The molecular formula is C11H10ClN5O2. The van der Waals surface area contributed by atoms with E-state index in [0.29, 0.717) is 16.5 Å². The molecule has 2 rings (SSSR count). The number of hydrazine groups is 1. The highest BCUT2D eigenvalue weighted by Crippen LogP contribution is 2.30. The molecule has 4 N–H and O–H groups in total. The molecule has 19 heavy (non-hydrogen) atoms. The zero-order valence-corrected chi connectivity index (χ0v) is 10.4. The van der Waals surface area contributed by atoms with Crippen LogP contribution in [0.4, 0.5) is 23.0 Å². The third-order valence-electron chi connectivity index (χ3n) is 2.35. The Morgan fingerprint density at radius 1 is 1.26 bits per heavy atom. The lowest BCUT2D eigenvalue weighted by atomic mass is 10.3. The van der Waals surface area contributed by atoms with Crippen molar-refractivity contribution >= 4 is 34.6 Å². The number of halogens is 1. The maximum Gasteiger partial charge on any atom is 0.311 e. The normalized spacial score (nSPS) is 10.0. The second kappa shape index (κ2) is 5.51. The highest BCUT2D eigenvalue weighted by atomic mass is 35.5. The third-order valence-corrected chi connectivity index (χ3v) is 2.68. The van der Waals surface area contributed by atoms with Crippen LogP contribution in [0.3, 0.4) is 0 Å². The summed E-state index contributed by atoms with van der Waals surface area (Å²) in [6.45, 7) is 0. The molecule has 0 unspecified atom stereocenters. The van der Waals surface area contributed by atoms with Crippen LogP contribution in [0.1, 0.15) is 0 Å². The number of hydrogen-bond donors (Lipinski definition) is 3. The van der Waals surface area contributed by atoms with Crippen molar-refractivity contribution in [2.45, 2.75) is 0 Å². The lowest BCUT2D eigenvalue weighted by molar-refractivity contribution is -0.384. The van der Waals surface area contributed by atoms with Crippen LogP contribution < -0.4 is 16.6 Å². The fourth-order valence-corrected chi connectivity index (χ4v) is 1.64. The molecule has 1 aromatic carbocycles. The Balaban J connectivity index is 2.43. The fourth-order valence-electron chi connectivity index (χ4n) is 1.46. The first kappa shape index (κ1) is 13.1.